The fraction of sp³-hybridized carbons (Fsp3) is 0.375. The molecule has 0 bridgehead atoms. The molecule has 10 heteroatoms. The summed E-state index contributed by atoms with van der Waals surface area (Å²) in [6.45, 7) is 1.29. The lowest BCUT2D eigenvalue weighted by Gasteiger charge is -2.34. The van der Waals surface area contributed by atoms with Crippen LogP contribution in [0.4, 0.5) is 10.1 Å². The topological polar surface area (TPSA) is 96.0 Å². The van der Waals surface area contributed by atoms with Crippen molar-refractivity contribution in [3.63, 3.8) is 0 Å². The average molecular weight is 596 g/mol. The Bertz CT molecular complexity index is 1430. The highest BCUT2D eigenvalue weighted by molar-refractivity contribution is 7.92. The summed E-state index contributed by atoms with van der Waals surface area (Å²) in [5.74, 6) is -0.717. The normalized spacial score (nSPS) is 14.5. The Morgan fingerprint density at radius 3 is 2.19 bits per heavy atom. The second-order valence-electron chi connectivity index (χ2n) is 10.4. The Labute approximate surface area is 247 Å². The lowest BCUT2D eigenvalue weighted by Crippen LogP contribution is -2.54. The van der Waals surface area contributed by atoms with Crippen LogP contribution in [0.1, 0.15) is 51.0 Å². The van der Waals surface area contributed by atoms with E-state index >= 15 is 0 Å². The van der Waals surface area contributed by atoms with Crippen LogP contribution in [0.5, 0.6) is 5.75 Å². The molecule has 0 aliphatic heterocycles. The number of amides is 2. The molecule has 3 aromatic carbocycles. The van der Waals surface area contributed by atoms with Crippen molar-refractivity contribution in [2.45, 2.75) is 69.0 Å². The summed E-state index contributed by atoms with van der Waals surface area (Å²) in [6, 6.07) is 19.2. The first-order valence-corrected chi connectivity index (χ1v) is 15.7. The molecule has 8 nitrogen and oxygen atoms in total. The molecule has 0 saturated heterocycles. The predicted octanol–water partition coefficient (Wildman–Crippen LogP) is 5.29. The molecular formula is C32H38FN3O5S. The van der Waals surface area contributed by atoms with E-state index in [4.69, 9.17) is 4.74 Å². The number of rotatable bonds is 12. The van der Waals surface area contributed by atoms with Crippen molar-refractivity contribution < 1.29 is 27.1 Å². The highest BCUT2D eigenvalue weighted by Gasteiger charge is 2.34. The van der Waals surface area contributed by atoms with E-state index in [2.05, 4.69) is 5.32 Å². The number of nitrogens with zero attached hydrogens (tertiary/aromatic N) is 2. The van der Waals surface area contributed by atoms with E-state index in [1.165, 1.54) is 36.3 Å². The molecule has 0 radical (unpaired) electrons. The van der Waals surface area contributed by atoms with Crippen LogP contribution in [0.15, 0.2) is 83.8 Å². The van der Waals surface area contributed by atoms with Crippen molar-refractivity contribution in [1.82, 2.24) is 10.2 Å². The molecule has 3 aromatic rings. The van der Waals surface area contributed by atoms with E-state index in [1.54, 1.807) is 54.6 Å². The number of benzene rings is 3. The number of sulfonamides is 1. The van der Waals surface area contributed by atoms with Crippen molar-refractivity contribution in [2.24, 2.45) is 0 Å². The van der Waals surface area contributed by atoms with Gasteiger partial charge in [0.25, 0.3) is 10.0 Å². The first kappa shape index (κ1) is 31.0. The van der Waals surface area contributed by atoms with Gasteiger partial charge in [-0.25, -0.2) is 12.8 Å². The van der Waals surface area contributed by atoms with Gasteiger partial charge >= 0.3 is 0 Å². The number of hydrogen-bond acceptors (Lipinski definition) is 5. The van der Waals surface area contributed by atoms with E-state index in [0.29, 0.717) is 17.7 Å². The minimum absolute atomic E-state index is 0.0115. The second-order valence-corrected chi connectivity index (χ2v) is 12.3. The van der Waals surface area contributed by atoms with Gasteiger partial charge in [-0.05, 0) is 73.4 Å². The summed E-state index contributed by atoms with van der Waals surface area (Å²) in [5.41, 5.74) is 0.894. The van der Waals surface area contributed by atoms with Crippen LogP contribution in [-0.4, -0.2) is 50.9 Å². The first-order valence-electron chi connectivity index (χ1n) is 14.3. The molecule has 2 amide bonds. The van der Waals surface area contributed by atoms with E-state index in [0.717, 1.165) is 36.4 Å². The molecule has 1 N–H and O–H groups in total. The van der Waals surface area contributed by atoms with E-state index in [1.807, 2.05) is 6.92 Å². The number of carbonyl (C=O) groups is 2. The average Bonchev–Trinajstić information content (AvgIpc) is 3.01. The Kier molecular flexibility index (Phi) is 10.6. The van der Waals surface area contributed by atoms with Gasteiger partial charge in [0.2, 0.25) is 11.8 Å². The van der Waals surface area contributed by atoms with Crippen molar-refractivity contribution in [3.8, 4) is 5.75 Å². The molecule has 1 aliphatic rings. The summed E-state index contributed by atoms with van der Waals surface area (Å²) >= 11 is 0. The van der Waals surface area contributed by atoms with Crippen molar-refractivity contribution in [2.75, 3.05) is 18.0 Å². The number of carbonyl (C=O) groups excluding carboxylic acids is 2. The van der Waals surface area contributed by atoms with Crippen LogP contribution in [0.2, 0.25) is 0 Å². The molecule has 0 unspecified atom stereocenters. The van der Waals surface area contributed by atoms with Gasteiger partial charge in [0.05, 0.1) is 17.7 Å². The Morgan fingerprint density at radius 2 is 1.60 bits per heavy atom. The van der Waals surface area contributed by atoms with Gasteiger partial charge in [0.15, 0.2) is 0 Å². The Morgan fingerprint density at radius 1 is 0.952 bits per heavy atom. The standard InChI is InChI=1S/C32H38FN3O5S/c1-3-30(32(38)34-26-10-6-4-7-11-26)35(22-24-14-16-25(33)17-15-24)31(37)23-36(27-18-20-28(41-2)21-19-27)42(39,40)29-12-8-5-9-13-29/h5,8-9,12-21,26,30H,3-4,6-7,10-11,22-23H2,1-2H3,(H,34,38)/t30-/m0/s1. The molecule has 224 valence electrons. The van der Waals surface area contributed by atoms with Crippen molar-refractivity contribution in [1.29, 1.82) is 0 Å². The fourth-order valence-corrected chi connectivity index (χ4v) is 6.68. The summed E-state index contributed by atoms with van der Waals surface area (Å²) in [6.07, 6.45) is 5.29. The zero-order chi connectivity index (χ0) is 30.1. The van der Waals surface area contributed by atoms with Gasteiger partial charge < -0.3 is 15.0 Å². The fourth-order valence-electron chi connectivity index (χ4n) is 5.25. The first-order chi connectivity index (χ1) is 20.2. The summed E-state index contributed by atoms with van der Waals surface area (Å²) in [5, 5.41) is 3.12. The molecule has 42 heavy (non-hydrogen) atoms. The number of nitrogens with one attached hydrogen (secondary N) is 1. The number of ether oxygens (including phenoxy) is 1. The molecule has 0 heterocycles. The lowest BCUT2D eigenvalue weighted by molar-refractivity contribution is -0.140. The molecule has 4 rings (SSSR count). The molecule has 1 fully saturated rings. The Balaban J connectivity index is 1.69. The maximum absolute atomic E-state index is 14.1. The van der Waals surface area contributed by atoms with Crippen LogP contribution >= 0.6 is 0 Å². The van der Waals surface area contributed by atoms with Gasteiger partial charge in [-0.3, -0.25) is 13.9 Å². The summed E-state index contributed by atoms with van der Waals surface area (Å²) in [7, 11) is -2.65. The van der Waals surface area contributed by atoms with Gasteiger partial charge in [-0.2, -0.15) is 0 Å². The van der Waals surface area contributed by atoms with E-state index < -0.39 is 34.3 Å². The maximum atomic E-state index is 14.1. The van der Waals surface area contributed by atoms with Gasteiger partial charge in [-0.15, -0.1) is 0 Å². The minimum Gasteiger partial charge on any atom is -0.497 e. The zero-order valence-corrected chi connectivity index (χ0v) is 24.9. The number of hydrogen-bond donors (Lipinski definition) is 1. The maximum Gasteiger partial charge on any atom is 0.264 e. The Hall–Kier alpha value is -3.92. The molecule has 1 atom stereocenters. The van der Waals surface area contributed by atoms with Crippen molar-refractivity contribution in [3.05, 3.63) is 90.2 Å². The van der Waals surface area contributed by atoms with E-state index in [9.17, 15) is 22.4 Å². The van der Waals surface area contributed by atoms with Crippen LogP contribution in [-0.2, 0) is 26.2 Å². The lowest BCUT2D eigenvalue weighted by atomic mass is 9.95. The third kappa shape index (κ3) is 7.67. The predicted molar refractivity (Wildman–Crippen MR) is 160 cm³/mol. The quantitative estimate of drug-likeness (QED) is 0.307. The summed E-state index contributed by atoms with van der Waals surface area (Å²) in [4.78, 5) is 29.1. The monoisotopic (exact) mass is 595 g/mol. The van der Waals surface area contributed by atoms with Gasteiger partial charge in [0, 0.05) is 12.6 Å². The third-order valence-corrected chi connectivity index (χ3v) is 9.36. The third-order valence-electron chi connectivity index (χ3n) is 7.57. The highest BCUT2D eigenvalue weighted by Crippen LogP contribution is 2.27. The molecule has 0 aromatic heterocycles. The smallest absolute Gasteiger partial charge is 0.264 e. The van der Waals surface area contributed by atoms with Gasteiger partial charge in [-0.1, -0.05) is 56.5 Å². The van der Waals surface area contributed by atoms with Crippen LogP contribution in [0.25, 0.3) is 0 Å². The SMILES string of the molecule is CC[C@@H](C(=O)NC1CCCCC1)N(Cc1ccc(F)cc1)C(=O)CN(c1ccc(OC)cc1)S(=O)(=O)c1ccccc1. The van der Waals surface area contributed by atoms with Crippen molar-refractivity contribution >= 4 is 27.5 Å². The van der Waals surface area contributed by atoms with Gasteiger partial charge in [0.1, 0.15) is 24.2 Å². The number of halogens is 1. The molecule has 1 saturated carbocycles. The minimum atomic E-state index is -4.16. The number of anilines is 1. The van der Waals surface area contributed by atoms with Crippen LogP contribution in [0, 0.1) is 5.82 Å². The molecular weight excluding hydrogens is 557 g/mol. The number of methoxy groups -OCH3 is 1. The molecule has 1 aliphatic carbocycles. The van der Waals surface area contributed by atoms with Crippen LogP contribution in [0.3, 0.4) is 0 Å². The summed E-state index contributed by atoms with van der Waals surface area (Å²) < 4.78 is 47.7. The second kappa shape index (κ2) is 14.3. The largest absolute Gasteiger partial charge is 0.497 e. The van der Waals surface area contributed by atoms with E-state index in [-0.39, 0.29) is 29.1 Å². The van der Waals surface area contributed by atoms with Crippen LogP contribution < -0.4 is 14.4 Å². The molecule has 0 spiro atoms. The highest BCUT2D eigenvalue weighted by atomic mass is 32.2. The zero-order valence-electron chi connectivity index (χ0n) is 24.0.